The molecule has 0 aromatic carbocycles. The first-order valence-corrected chi connectivity index (χ1v) is 7.34. The van der Waals surface area contributed by atoms with E-state index >= 15 is 0 Å². The van der Waals surface area contributed by atoms with E-state index in [4.69, 9.17) is 4.74 Å². The second kappa shape index (κ2) is 5.60. The highest BCUT2D eigenvalue weighted by molar-refractivity contribution is 5.87. The maximum Gasteiger partial charge on any atom is 0.410 e. The molecule has 2 N–H and O–H groups in total. The average Bonchev–Trinajstić information content (AvgIpc) is 2.52. The predicted octanol–water partition coefficient (Wildman–Crippen LogP) is 0.866. The minimum atomic E-state index is -0.505. The highest BCUT2D eigenvalue weighted by Crippen LogP contribution is 2.25. The Morgan fingerprint density at radius 1 is 1.25 bits per heavy atom. The fourth-order valence-corrected chi connectivity index (χ4v) is 2.67. The van der Waals surface area contributed by atoms with Gasteiger partial charge in [-0.1, -0.05) is 0 Å². The van der Waals surface area contributed by atoms with Crippen molar-refractivity contribution in [2.45, 2.75) is 51.2 Å². The van der Waals surface area contributed by atoms with Crippen molar-refractivity contribution < 1.29 is 14.3 Å². The molecule has 20 heavy (non-hydrogen) atoms. The van der Waals surface area contributed by atoms with Crippen LogP contribution in [-0.2, 0) is 9.53 Å². The lowest BCUT2D eigenvalue weighted by Crippen LogP contribution is -2.61. The minimum absolute atomic E-state index is 0.0684. The van der Waals surface area contributed by atoms with Gasteiger partial charge in [0.15, 0.2) is 0 Å². The molecule has 0 bridgehead atoms. The van der Waals surface area contributed by atoms with Crippen molar-refractivity contribution >= 4 is 12.0 Å². The molecule has 0 unspecified atom stereocenters. The van der Waals surface area contributed by atoms with Crippen LogP contribution in [0.1, 0.15) is 40.0 Å². The van der Waals surface area contributed by atoms with E-state index in [9.17, 15) is 9.59 Å². The van der Waals surface area contributed by atoms with Gasteiger partial charge in [0, 0.05) is 19.6 Å². The van der Waals surface area contributed by atoms with Crippen molar-refractivity contribution in [3.63, 3.8) is 0 Å². The number of rotatable bonds is 0. The van der Waals surface area contributed by atoms with Crippen LogP contribution >= 0.6 is 0 Å². The highest BCUT2D eigenvalue weighted by Gasteiger charge is 2.43. The van der Waals surface area contributed by atoms with Gasteiger partial charge >= 0.3 is 6.09 Å². The molecule has 0 radical (unpaired) electrons. The van der Waals surface area contributed by atoms with Gasteiger partial charge < -0.3 is 20.3 Å². The van der Waals surface area contributed by atoms with Crippen LogP contribution in [0.4, 0.5) is 4.79 Å². The summed E-state index contributed by atoms with van der Waals surface area (Å²) in [6, 6.07) is 0. The summed E-state index contributed by atoms with van der Waals surface area (Å²) in [5.74, 6) is 0.0684. The molecule has 6 heteroatoms. The zero-order valence-corrected chi connectivity index (χ0v) is 12.6. The number of carbonyl (C=O) groups excluding carboxylic acids is 2. The van der Waals surface area contributed by atoms with Crippen LogP contribution in [0.3, 0.4) is 0 Å². The standard InChI is InChI=1S/C14H25N3O3/c1-13(2,3)20-12(19)17-9-5-14(6-10-17)11(18)15-7-4-8-16-14/h16H,4-10H2,1-3H3,(H,15,18). The Kier molecular flexibility index (Phi) is 4.22. The quantitative estimate of drug-likeness (QED) is 0.692. The first-order valence-electron chi connectivity index (χ1n) is 7.34. The SMILES string of the molecule is CC(C)(C)OC(=O)N1CCC2(CC1)NCCCNC2=O. The van der Waals surface area contributed by atoms with Gasteiger partial charge in [0.2, 0.25) is 5.91 Å². The van der Waals surface area contributed by atoms with Crippen LogP contribution in [0.5, 0.6) is 0 Å². The van der Waals surface area contributed by atoms with E-state index in [0.717, 1.165) is 19.5 Å². The number of carbonyl (C=O) groups is 2. The van der Waals surface area contributed by atoms with Gasteiger partial charge in [-0.2, -0.15) is 0 Å². The van der Waals surface area contributed by atoms with Crippen LogP contribution in [0.15, 0.2) is 0 Å². The molecule has 1 spiro atoms. The molecule has 2 aliphatic rings. The summed E-state index contributed by atoms with van der Waals surface area (Å²) < 4.78 is 5.37. The van der Waals surface area contributed by atoms with Crippen molar-refractivity contribution in [2.75, 3.05) is 26.2 Å². The highest BCUT2D eigenvalue weighted by atomic mass is 16.6. The molecule has 2 rings (SSSR count). The number of ether oxygens (including phenoxy) is 1. The predicted molar refractivity (Wildman–Crippen MR) is 75.4 cm³/mol. The molecule has 2 aliphatic heterocycles. The first kappa shape index (κ1) is 15.1. The Morgan fingerprint density at radius 2 is 1.90 bits per heavy atom. The van der Waals surface area contributed by atoms with Crippen LogP contribution in [0.25, 0.3) is 0 Å². The summed E-state index contributed by atoms with van der Waals surface area (Å²) in [4.78, 5) is 25.9. The number of hydrogen-bond acceptors (Lipinski definition) is 4. The summed E-state index contributed by atoms with van der Waals surface area (Å²) in [7, 11) is 0. The maximum absolute atomic E-state index is 12.2. The number of nitrogens with one attached hydrogen (secondary N) is 2. The molecule has 2 heterocycles. The monoisotopic (exact) mass is 283 g/mol. The number of likely N-dealkylation sites (tertiary alicyclic amines) is 1. The topological polar surface area (TPSA) is 70.7 Å². The largest absolute Gasteiger partial charge is 0.444 e. The van der Waals surface area contributed by atoms with E-state index < -0.39 is 11.1 Å². The molecular weight excluding hydrogens is 258 g/mol. The van der Waals surface area contributed by atoms with Gasteiger partial charge in [-0.15, -0.1) is 0 Å². The third-order valence-corrected chi connectivity index (χ3v) is 3.81. The van der Waals surface area contributed by atoms with Gasteiger partial charge in [-0.25, -0.2) is 4.79 Å². The van der Waals surface area contributed by atoms with Crippen molar-refractivity contribution in [2.24, 2.45) is 0 Å². The molecule has 2 amide bonds. The zero-order chi connectivity index (χ0) is 14.8. The van der Waals surface area contributed by atoms with Crippen molar-refractivity contribution in [1.82, 2.24) is 15.5 Å². The number of piperidine rings is 1. The van der Waals surface area contributed by atoms with E-state index in [1.54, 1.807) is 4.90 Å². The number of nitrogens with zero attached hydrogens (tertiary/aromatic N) is 1. The van der Waals surface area contributed by atoms with Crippen LogP contribution < -0.4 is 10.6 Å². The smallest absolute Gasteiger partial charge is 0.410 e. The molecule has 0 aromatic heterocycles. The van der Waals surface area contributed by atoms with Gasteiger partial charge in [-0.3, -0.25) is 4.79 Å². The molecule has 0 atom stereocenters. The van der Waals surface area contributed by atoms with Gasteiger partial charge in [0.1, 0.15) is 11.1 Å². The summed E-state index contributed by atoms with van der Waals surface area (Å²) in [5.41, 5.74) is -0.987. The Bertz CT molecular complexity index is 382. The Hall–Kier alpha value is -1.30. The van der Waals surface area contributed by atoms with Crippen molar-refractivity contribution in [3.05, 3.63) is 0 Å². The average molecular weight is 283 g/mol. The minimum Gasteiger partial charge on any atom is -0.444 e. The second-order valence-electron chi connectivity index (χ2n) is 6.59. The molecule has 114 valence electrons. The summed E-state index contributed by atoms with van der Waals surface area (Å²) in [6.07, 6.45) is 1.93. The third kappa shape index (κ3) is 3.42. The fourth-order valence-electron chi connectivity index (χ4n) is 2.67. The van der Waals surface area contributed by atoms with Crippen molar-refractivity contribution in [3.8, 4) is 0 Å². The van der Waals surface area contributed by atoms with E-state index in [0.29, 0.717) is 25.9 Å². The third-order valence-electron chi connectivity index (χ3n) is 3.81. The van der Waals surface area contributed by atoms with Gasteiger partial charge in [0.05, 0.1) is 0 Å². The molecule has 6 nitrogen and oxygen atoms in total. The van der Waals surface area contributed by atoms with Crippen LogP contribution in [-0.4, -0.2) is 54.2 Å². The Balaban J connectivity index is 1.94. The lowest BCUT2D eigenvalue weighted by Gasteiger charge is -2.40. The Labute approximate surface area is 120 Å². The fraction of sp³-hybridized carbons (Fsp3) is 0.857. The van der Waals surface area contributed by atoms with E-state index in [1.807, 2.05) is 20.8 Å². The van der Waals surface area contributed by atoms with Crippen LogP contribution in [0.2, 0.25) is 0 Å². The lowest BCUT2D eigenvalue weighted by atomic mass is 9.86. The summed E-state index contributed by atoms with van der Waals surface area (Å²) >= 11 is 0. The maximum atomic E-state index is 12.2. The van der Waals surface area contributed by atoms with E-state index in [-0.39, 0.29) is 12.0 Å². The molecule has 0 saturated carbocycles. The molecule has 0 aliphatic carbocycles. The summed E-state index contributed by atoms with van der Waals surface area (Å²) in [6.45, 7) is 8.24. The van der Waals surface area contributed by atoms with Gasteiger partial charge in [-0.05, 0) is 46.6 Å². The van der Waals surface area contributed by atoms with E-state index in [2.05, 4.69) is 10.6 Å². The van der Waals surface area contributed by atoms with Crippen LogP contribution in [0, 0.1) is 0 Å². The molecule has 2 fully saturated rings. The van der Waals surface area contributed by atoms with Crippen molar-refractivity contribution in [1.29, 1.82) is 0 Å². The molecular formula is C14H25N3O3. The zero-order valence-electron chi connectivity index (χ0n) is 12.6. The van der Waals surface area contributed by atoms with Gasteiger partial charge in [0.25, 0.3) is 0 Å². The lowest BCUT2D eigenvalue weighted by molar-refractivity contribution is -0.129. The Morgan fingerprint density at radius 3 is 2.50 bits per heavy atom. The number of amides is 2. The summed E-state index contributed by atoms with van der Waals surface area (Å²) in [5, 5.41) is 6.31. The molecule has 2 saturated heterocycles. The normalized spacial score (nSPS) is 23.1. The first-order chi connectivity index (χ1) is 9.32. The number of hydrogen-bond donors (Lipinski definition) is 2. The molecule has 0 aromatic rings. The second-order valence-corrected chi connectivity index (χ2v) is 6.59. The van der Waals surface area contributed by atoms with E-state index in [1.165, 1.54) is 0 Å².